The standard InChI is InChI=1S/C22H22N2O2/c25-22(18-8-2-1-3-9-18)23-15-20(21-11-6-14-26-21)24-13-12-17-7-4-5-10-19(17)16-24/h1-11,14,20H,12-13,15-16H2,(H,23,25)/t20-/m1/s1. The van der Waals surface area contributed by atoms with Crippen LogP contribution in [0.2, 0.25) is 0 Å². The molecule has 0 saturated carbocycles. The van der Waals surface area contributed by atoms with Gasteiger partial charge in [0.15, 0.2) is 0 Å². The molecule has 2 heterocycles. The lowest BCUT2D eigenvalue weighted by Crippen LogP contribution is -2.40. The van der Waals surface area contributed by atoms with Crippen LogP contribution < -0.4 is 5.32 Å². The fourth-order valence-electron chi connectivity index (χ4n) is 3.56. The third-order valence-corrected chi connectivity index (χ3v) is 4.96. The molecule has 0 aliphatic carbocycles. The van der Waals surface area contributed by atoms with Crippen LogP contribution in [0.25, 0.3) is 0 Å². The summed E-state index contributed by atoms with van der Waals surface area (Å²) in [5.41, 5.74) is 3.44. The van der Waals surface area contributed by atoms with E-state index < -0.39 is 0 Å². The first-order chi connectivity index (χ1) is 12.8. The molecule has 0 fully saturated rings. The van der Waals surface area contributed by atoms with Crippen molar-refractivity contribution in [2.75, 3.05) is 13.1 Å². The molecule has 0 spiro atoms. The first-order valence-corrected chi connectivity index (χ1v) is 8.99. The van der Waals surface area contributed by atoms with Gasteiger partial charge in [0.05, 0.1) is 12.3 Å². The highest BCUT2D eigenvalue weighted by atomic mass is 16.3. The highest BCUT2D eigenvalue weighted by molar-refractivity contribution is 5.94. The highest BCUT2D eigenvalue weighted by Crippen LogP contribution is 2.27. The molecule has 4 nitrogen and oxygen atoms in total. The molecule has 132 valence electrons. The van der Waals surface area contributed by atoms with Crippen molar-refractivity contribution in [2.24, 2.45) is 0 Å². The van der Waals surface area contributed by atoms with Crippen LogP contribution in [0.15, 0.2) is 77.4 Å². The molecule has 1 N–H and O–H groups in total. The number of fused-ring (bicyclic) bond motifs is 1. The van der Waals surface area contributed by atoms with Crippen LogP contribution in [0.5, 0.6) is 0 Å². The Labute approximate surface area is 153 Å². The summed E-state index contributed by atoms with van der Waals surface area (Å²) in [5, 5.41) is 3.07. The van der Waals surface area contributed by atoms with Gasteiger partial charge in [-0.25, -0.2) is 0 Å². The molecule has 1 aliphatic heterocycles. The number of nitrogens with zero attached hydrogens (tertiary/aromatic N) is 1. The van der Waals surface area contributed by atoms with Crippen LogP contribution in [-0.4, -0.2) is 23.9 Å². The molecule has 4 rings (SSSR count). The first-order valence-electron chi connectivity index (χ1n) is 8.99. The summed E-state index contributed by atoms with van der Waals surface area (Å²) in [5.74, 6) is 0.831. The molecule has 3 aromatic rings. The predicted octanol–water partition coefficient (Wildman–Crippen LogP) is 3.81. The lowest BCUT2D eigenvalue weighted by atomic mass is 9.98. The number of carbonyl (C=O) groups is 1. The smallest absolute Gasteiger partial charge is 0.251 e. The Kier molecular flexibility index (Phi) is 4.84. The molecule has 2 aromatic carbocycles. The molecule has 0 bridgehead atoms. The van der Waals surface area contributed by atoms with Crippen LogP contribution >= 0.6 is 0 Å². The van der Waals surface area contributed by atoms with Gasteiger partial charge in [-0.3, -0.25) is 9.69 Å². The van der Waals surface area contributed by atoms with E-state index in [0.29, 0.717) is 12.1 Å². The second-order valence-electron chi connectivity index (χ2n) is 6.60. The lowest BCUT2D eigenvalue weighted by Gasteiger charge is -2.34. The van der Waals surface area contributed by atoms with Crippen molar-refractivity contribution in [3.8, 4) is 0 Å². The highest BCUT2D eigenvalue weighted by Gasteiger charge is 2.27. The molecule has 1 atom stereocenters. The van der Waals surface area contributed by atoms with Crippen LogP contribution in [0.1, 0.15) is 33.3 Å². The molecule has 1 amide bonds. The van der Waals surface area contributed by atoms with E-state index in [1.54, 1.807) is 6.26 Å². The zero-order chi connectivity index (χ0) is 17.8. The quantitative estimate of drug-likeness (QED) is 0.764. The number of hydrogen-bond donors (Lipinski definition) is 1. The van der Waals surface area contributed by atoms with Gasteiger partial charge in [0.25, 0.3) is 5.91 Å². The largest absolute Gasteiger partial charge is 0.468 e. The van der Waals surface area contributed by atoms with Crippen LogP contribution in [0, 0.1) is 0 Å². The fraction of sp³-hybridized carbons (Fsp3) is 0.227. The summed E-state index contributed by atoms with van der Waals surface area (Å²) in [6.07, 6.45) is 2.71. The molecule has 0 radical (unpaired) electrons. The average Bonchev–Trinajstić information content (AvgIpc) is 3.23. The minimum absolute atomic E-state index is 0.0195. The van der Waals surface area contributed by atoms with E-state index in [4.69, 9.17) is 4.42 Å². The van der Waals surface area contributed by atoms with E-state index in [0.717, 1.165) is 25.3 Å². The van der Waals surface area contributed by atoms with Crippen molar-refractivity contribution in [3.63, 3.8) is 0 Å². The van der Waals surface area contributed by atoms with Crippen LogP contribution in [0.4, 0.5) is 0 Å². The number of nitrogens with one attached hydrogen (secondary N) is 1. The number of rotatable bonds is 5. The molecule has 1 aromatic heterocycles. The van der Waals surface area contributed by atoms with E-state index in [-0.39, 0.29) is 11.9 Å². The van der Waals surface area contributed by atoms with Crippen molar-refractivity contribution >= 4 is 5.91 Å². The number of amides is 1. The number of benzene rings is 2. The Hall–Kier alpha value is -2.85. The first kappa shape index (κ1) is 16.6. The topological polar surface area (TPSA) is 45.5 Å². The maximum Gasteiger partial charge on any atom is 0.251 e. The Morgan fingerprint density at radius 1 is 1.00 bits per heavy atom. The van der Waals surface area contributed by atoms with Gasteiger partial charge < -0.3 is 9.73 Å². The average molecular weight is 346 g/mol. The third-order valence-electron chi connectivity index (χ3n) is 4.96. The lowest BCUT2D eigenvalue weighted by molar-refractivity contribution is 0.0919. The number of hydrogen-bond acceptors (Lipinski definition) is 3. The molecule has 26 heavy (non-hydrogen) atoms. The van der Waals surface area contributed by atoms with E-state index in [9.17, 15) is 4.79 Å². The van der Waals surface area contributed by atoms with Crippen molar-refractivity contribution < 1.29 is 9.21 Å². The van der Waals surface area contributed by atoms with Crippen LogP contribution in [-0.2, 0) is 13.0 Å². The summed E-state index contributed by atoms with van der Waals surface area (Å²) in [6, 6.07) is 21.8. The van der Waals surface area contributed by atoms with Crippen molar-refractivity contribution in [2.45, 2.75) is 19.0 Å². The molecule has 0 saturated heterocycles. The zero-order valence-corrected chi connectivity index (χ0v) is 14.6. The molecule has 1 aliphatic rings. The van der Waals surface area contributed by atoms with Crippen molar-refractivity contribution in [1.29, 1.82) is 0 Å². The fourth-order valence-corrected chi connectivity index (χ4v) is 3.56. The van der Waals surface area contributed by atoms with Gasteiger partial charge in [0.1, 0.15) is 5.76 Å². The minimum atomic E-state index is -0.0560. The minimum Gasteiger partial charge on any atom is -0.468 e. The van der Waals surface area contributed by atoms with Gasteiger partial charge in [-0.05, 0) is 41.8 Å². The summed E-state index contributed by atoms with van der Waals surface area (Å²) < 4.78 is 5.68. The molecular formula is C22H22N2O2. The van der Waals surface area contributed by atoms with Crippen molar-refractivity contribution in [1.82, 2.24) is 10.2 Å². The molecule has 4 heteroatoms. The van der Waals surface area contributed by atoms with Gasteiger partial charge >= 0.3 is 0 Å². The second kappa shape index (κ2) is 7.58. The van der Waals surface area contributed by atoms with Gasteiger partial charge in [-0.2, -0.15) is 0 Å². The Morgan fingerprint density at radius 2 is 1.77 bits per heavy atom. The van der Waals surface area contributed by atoms with Crippen LogP contribution in [0.3, 0.4) is 0 Å². The number of furan rings is 1. The number of carbonyl (C=O) groups excluding carboxylic acids is 1. The summed E-state index contributed by atoms with van der Waals surface area (Å²) >= 11 is 0. The normalized spacial score (nSPS) is 15.2. The Morgan fingerprint density at radius 3 is 2.54 bits per heavy atom. The van der Waals surface area contributed by atoms with Crippen molar-refractivity contribution in [3.05, 3.63) is 95.4 Å². The Bertz CT molecular complexity index is 859. The van der Waals surface area contributed by atoms with E-state index >= 15 is 0 Å². The zero-order valence-electron chi connectivity index (χ0n) is 14.6. The van der Waals surface area contributed by atoms with Gasteiger partial charge in [0.2, 0.25) is 0 Å². The van der Waals surface area contributed by atoms with E-state index in [1.165, 1.54) is 11.1 Å². The van der Waals surface area contributed by atoms with Gasteiger partial charge in [-0.1, -0.05) is 42.5 Å². The maximum absolute atomic E-state index is 12.4. The summed E-state index contributed by atoms with van der Waals surface area (Å²) in [7, 11) is 0. The van der Waals surface area contributed by atoms with E-state index in [1.807, 2.05) is 42.5 Å². The molecule has 0 unspecified atom stereocenters. The molecular weight excluding hydrogens is 324 g/mol. The summed E-state index contributed by atoms with van der Waals surface area (Å²) in [4.78, 5) is 14.8. The SMILES string of the molecule is O=C(NC[C@H](c1ccco1)N1CCc2ccccc2C1)c1ccccc1. The van der Waals surface area contributed by atoms with Gasteiger partial charge in [-0.15, -0.1) is 0 Å². The second-order valence-corrected chi connectivity index (χ2v) is 6.60. The summed E-state index contributed by atoms with van der Waals surface area (Å²) in [6.45, 7) is 2.33. The van der Waals surface area contributed by atoms with Gasteiger partial charge in [0, 0.05) is 25.2 Å². The predicted molar refractivity (Wildman–Crippen MR) is 101 cm³/mol. The third kappa shape index (κ3) is 3.55. The maximum atomic E-state index is 12.4. The monoisotopic (exact) mass is 346 g/mol. The van der Waals surface area contributed by atoms with E-state index in [2.05, 4.69) is 34.5 Å². The Balaban J connectivity index is 1.50.